The second-order valence-electron chi connectivity index (χ2n) is 4.87. The highest BCUT2D eigenvalue weighted by Crippen LogP contribution is 2.37. The van der Waals surface area contributed by atoms with Crippen LogP contribution in [0.5, 0.6) is 0 Å². The van der Waals surface area contributed by atoms with Crippen LogP contribution in [0.1, 0.15) is 31.2 Å². The zero-order chi connectivity index (χ0) is 12.3. The second-order valence-corrected chi connectivity index (χ2v) is 5.31. The first-order valence-electron chi connectivity index (χ1n) is 6.20. The van der Waals surface area contributed by atoms with E-state index in [4.69, 9.17) is 16.3 Å². The number of rotatable bonds is 5. The lowest BCUT2D eigenvalue weighted by Crippen LogP contribution is -2.43. The summed E-state index contributed by atoms with van der Waals surface area (Å²) in [7, 11) is 1.75. The summed E-state index contributed by atoms with van der Waals surface area (Å²) in [5.74, 6) is 0.697. The number of hydrogen-bond acceptors (Lipinski definition) is 2. The standard InChI is InChI=1S/C14H20ClNO/c1-10(17-2)9-16-14-7-12(8-14)11-3-5-13(15)6-4-11/h3-6,10,12,14,16H,7-9H2,1-2H3. The fraction of sp³-hybridized carbons (Fsp3) is 0.571. The molecule has 2 rings (SSSR count). The van der Waals surface area contributed by atoms with Crippen molar-refractivity contribution in [2.24, 2.45) is 0 Å². The van der Waals surface area contributed by atoms with Crippen molar-refractivity contribution in [1.29, 1.82) is 0 Å². The Morgan fingerprint density at radius 2 is 2.00 bits per heavy atom. The Hall–Kier alpha value is -0.570. The van der Waals surface area contributed by atoms with Gasteiger partial charge in [-0.1, -0.05) is 23.7 Å². The third kappa shape index (κ3) is 3.44. The van der Waals surface area contributed by atoms with Crippen molar-refractivity contribution >= 4 is 11.6 Å². The molecule has 0 spiro atoms. The van der Waals surface area contributed by atoms with E-state index in [1.807, 2.05) is 12.1 Å². The quantitative estimate of drug-likeness (QED) is 0.870. The van der Waals surface area contributed by atoms with E-state index >= 15 is 0 Å². The topological polar surface area (TPSA) is 21.3 Å². The van der Waals surface area contributed by atoms with Crippen molar-refractivity contribution in [2.45, 2.75) is 37.8 Å². The molecule has 0 aliphatic heterocycles. The van der Waals surface area contributed by atoms with Gasteiger partial charge in [-0.2, -0.15) is 0 Å². The molecule has 94 valence electrons. The van der Waals surface area contributed by atoms with Gasteiger partial charge in [0.15, 0.2) is 0 Å². The van der Waals surface area contributed by atoms with Crippen molar-refractivity contribution in [1.82, 2.24) is 5.32 Å². The minimum atomic E-state index is 0.296. The average molecular weight is 254 g/mol. The van der Waals surface area contributed by atoms with E-state index in [2.05, 4.69) is 24.4 Å². The number of ether oxygens (including phenoxy) is 1. The largest absolute Gasteiger partial charge is 0.380 e. The van der Waals surface area contributed by atoms with Gasteiger partial charge >= 0.3 is 0 Å². The predicted octanol–water partition coefficient (Wildman–Crippen LogP) is 3.21. The average Bonchev–Trinajstić information content (AvgIpc) is 2.29. The summed E-state index contributed by atoms with van der Waals surface area (Å²) in [6, 6.07) is 8.88. The van der Waals surface area contributed by atoms with Crippen LogP contribution in [-0.2, 0) is 4.74 Å². The third-order valence-electron chi connectivity index (χ3n) is 3.58. The molecule has 1 fully saturated rings. The molecule has 0 radical (unpaired) electrons. The maximum Gasteiger partial charge on any atom is 0.0667 e. The van der Waals surface area contributed by atoms with E-state index in [-0.39, 0.29) is 0 Å². The lowest BCUT2D eigenvalue weighted by Gasteiger charge is -2.37. The smallest absolute Gasteiger partial charge is 0.0667 e. The number of nitrogens with one attached hydrogen (secondary N) is 1. The molecule has 1 aromatic carbocycles. The number of hydrogen-bond donors (Lipinski definition) is 1. The van der Waals surface area contributed by atoms with Gasteiger partial charge in [0.1, 0.15) is 0 Å². The molecule has 0 amide bonds. The summed E-state index contributed by atoms with van der Waals surface area (Å²) in [4.78, 5) is 0. The molecule has 0 bridgehead atoms. The van der Waals surface area contributed by atoms with Crippen LogP contribution in [0.25, 0.3) is 0 Å². The van der Waals surface area contributed by atoms with E-state index in [9.17, 15) is 0 Å². The fourth-order valence-electron chi connectivity index (χ4n) is 2.21. The molecule has 1 aliphatic rings. The Labute approximate surface area is 108 Å². The van der Waals surface area contributed by atoms with Crippen LogP contribution in [0.3, 0.4) is 0 Å². The molecule has 1 N–H and O–H groups in total. The molecule has 1 unspecified atom stereocenters. The summed E-state index contributed by atoms with van der Waals surface area (Å²) in [6.45, 7) is 3.02. The van der Waals surface area contributed by atoms with Crippen LogP contribution in [-0.4, -0.2) is 25.8 Å². The van der Waals surface area contributed by atoms with Crippen molar-refractivity contribution in [3.05, 3.63) is 34.9 Å². The summed E-state index contributed by atoms with van der Waals surface area (Å²) in [5.41, 5.74) is 1.41. The first-order valence-corrected chi connectivity index (χ1v) is 6.58. The van der Waals surface area contributed by atoms with Crippen LogP contribution < -0.4 is 5.32 Å². The van der Waals surface area contributed by atoms with E-state index in [0.717, 1.165) is 11.6 Å². The molecule has 1 aromatic rings. The van der Waals surface area contributed by atoms with Crippen LogP contribution in [0.15, 0.2) is 24.3 Å². The molecule has 1 atom stereocenters. The number of halogens is 1. The van der Waals surface area contributed by atoms with Gasteiger partial charge in [-0.15, -0.1) is 0 Å². The first kappa shape index (κ1) is 12.9. The highest BCUT2D eigenvalue weighted by Gasteiger charge is 2.29. The molecule has 2 nitrogen and oxygen atoms in total. The lowest BCUT2D eigenvalue weighted by molar-refractivity contribution is 0.108. The van der Waals surface area contributed by atoms with Crippen LogP contribution in [0, 0.1) is 0 Å². The van der Waals surface area contributed by atoms with Crippen LogP contribution in [0.2, 0.25) is 5.02 Å². The molecule has 0 aromatic heterocycles. The van der Waals surface area contributed by atoms with Gasteiger partial charge in [0.2, 0.25) is 0 Å². The summed E-state index contributed by atoms with van der Waals surface area (Å²) in [6.07, 6.45) is 2.74. The maximum atomic E-state index is 5.88. The van der Waals surface area contributed by atoms with Gasteiger partial charge in [-0.05, 0) is 43.4 Å². The van der Waals surface area contributed by atoms with Crippen LogP contribution >= 0.6 is 11.6 Å². The monoisotopic (exact) mass is 253 g/mol. The van der Waals surface area contributed by atoms with E-state index in [1.165, 1.54) is 18.4 Å². The number of benzene rings is 1. The molecule has 17 heavy (non-hydrogen) atoms. The van der Waals surface area contributed by atoms with Crippen LogP contribution in [0.4, 0.5) is 0 Å². The molecular formula is C14H20ClNO. The first-order chi connectivity index (χ1) is 8.19. The Morgan fingerprint density at radius 1 is 1.35 bits per heavy atom. The van der Waals surface area contributed by atoms with E-state index in [1.54, 1.807) is 7.11 Å². The van der Waals surface area contributed by atoms with Gasteiger partial charge in [0.05, 0.1) is 6.10 Å². The van der Waals surface area contributed by atoms with Gasteiger partial charge < -0.3 is 10.1 Å². The summed E-state index contributed by atoms with van der Waals surface area (Å²) in [5, 5.41) is 4.35. The molecule has 0 heterocycles. The predicted molar refractivity (Wildman–Crippen MR) is 71.7 cm³/mol. The minimum Gasteiger partial charge on any atom is -0.380 e. The molecular weight excluding hydrogens is 234 g/mol. The van der Waals surface area contributed by atoms with Gasteiger partial charge in [-0.3, -0.25) is 0 Å². The summed E-state index contributed by atoms with van der Waals surface area (Å²) < 4.78 is 5.22. The SMILES string of the molecule is COC(C)CNC1CC(c2ccc(Cl)cc2)C1. The van der Waals surface area contributed by atoms with Gasteiger partial charge in [-0.25, -0.2) is 0 Å². The van der Waals surface area contributed by atoms with E-state index in [0.29, 0.717) is 18.1 Å². The number of methoxy groups -OCH3 is 1. The Bertz CT molecular complexity index is 346. The van der Waals surface area contributed by atoms with Crippen molar-refractivity contribution in [3.8, 4) is 0 Å². The maximum absolute atomic E-state index is 5.88. The Kier molecular flexibility index (Phi) is 4.43. The fourth-order valence-corrected chi connectivity index (χ4v) is 2.33. The molecule has 1 aliphatic carbocycles. The highest BCUT2D eigenvalue weighted by molar-refractivity contribution is 6.30. The minimum absolute atomic E-state index is 0.296. The van der Waals surface area contributed by atoms with Gasteiger partial charge in [0.25, 0.3) is 0 Å². The van der Waals surface area contributed by atoms with Gasteiger partial charge in [0, 0.05) is 24.7 Å². The Morgan fingerprint density at radius 3 is 2.59 bits per heavy atom. The van der Waals surface area contributed by atoms with Crippen molar-refractivity contribution in [3.63, 3.8) is 0 Å². The highest BCUT2D eigenvalue weighted by atomic mass is 35.5. The molecule has 0 saturated heterocycles. The zero-order valence-corrected chi connectivity index (χ0v) is 11.2. The summed E-state index contributed by atoms with van der Waals surface area (Å²) >= 11 is 5.88. The lowest BCUT2D eigenvalue weighted by atomic mass is 9.76. The normalized spacial score (nSPS) is 25.4. The second kappa shape index (κ2) is 5.85. The molecule has 1 saturated carbocycles. The van der Waals surface area contributed by atoms with Crippen molar-refractivity contribution < 1.29 is 4.74 Å². The molecule has 3 heteroatoms. The third-order valence-corrected chi connectivity index (χ3v) is 3.83. The van der Waals surface area contributed by atoms with E-state index < -0.39 is 0 Å². The zero-order valence-electron chi connectivity index (χ0n) is 10.4. The Balaban J connectivity index is 1.73. The van der Waals surface area contributed by atoms with Crippen molar-refractivity contribution in [2.75, 3.05) is 13.7 Å².